The fourth-order valence-corrected chi connectivity index (χ4v) is 3.22. The summed E-state index contributed by atoms with van der Waals surface area (Å²) >= 11 is 0. The highest BCUT2D eigenvalue weighted by atomic mass is 16.3. The molecule has 0 spiro atoms. The molecule has 1 unspecified atom stereocenters. The second kappa shape index (κ2) is 7.08. The van der Waals surface area contributed by atoms with Crippen molar-refractivity contribution in [3.05, 3.63) is 41.5 Å². The van der Waals surface area contributed by atoms with Crippen molar-refractivity contribution in [2.75, 3.05) is 0 Å². The van der Waals surface area contributed by atoms with Crippen LogP contribution in [0.3, 0.4) is 0 Å². The second-order valence-corrected chi connectivity index (χ2v) is 6.03. The van der Waals surface area contributed by atoms with Crippen molar-refractivity contribution >= 4 is 6.08 Å². The zero-order valence-electron chi connectivity index (χ0n) is 13.7. The van der Waals surface area contributed by atoms with Gasteiger partial charge in [0.25, 0.3) is 0 Å². The quantitative estimate of drug-likeness (QED) is 0.760. The predicted molar refractivity (Wildman–Crippen MR) is 88.6 cm³/mol. The minimum Gasteiger partial charge on any atom is -0.385 e. The Bertz CT molecular complexity index is 430. The summed E-state index contributed by atoms with van der Waals surface area (Å²) in [4.78, 5) is 0. The summed E-state index contributed by atoms with van der Waals surface area (Å²) in [5.41, 5.74) is 1.71. The molecule has 0 aromatic heterocycles. The summed E-state index contributed by atoms with van der Waals surface area (Å²) in [6.45, 7) is 10.5. The van der Waals surface area contributed by atoms with Gasteiger partial charge in [0.15, 0.2) is 0 Å². The van der Waals surface area contributed by atoms with Crippen LogP contribution in [0.25, 0.3) is 6.08 Å². The van der Waals surface area contributed by atoms with Gasteiger partial charge in [0.2, 0.25) is 0 Å². The van der Waals surface area contributed by atoms with E-state index in [2.05, 4.69) is 39.0 Å². The van der Waals surface area contributed by atoms with Gasteiger partial charge < -0.3 is 5.11 Å². The molecule has 1 fully saturated rings. The van der Waals surface area contributed by atoms with Crippen LogP contribution in [0.4, 0.5) is 0 Å². The maximum absolute atomic E-state index is 11.1. The van der Waals surface area contributed by atoms with E-state index in [1.165, 1.54) is 17.6 Å². The summed E-state index contributed by atoms with van der Waals surface area (Å²) in [6.07, 6.45) is 6.27. The average molecular weight is 274 g/mol. The van der Waals surface area contributed by atoms with Crippen LogP contribution in [0.1, 0.15) is 65.9 Å². The Morgan fingerprint density at radius 3 is 2.30 bits per heavy atom. The van der Waals surface area contributed by atoms with Crippen LogP contribution >= 0.6 is 0 Å². The lowest BCUT2D eigenvalue weighted by atomic mass is 9.61. The number of hydrogen-bond donors (Lipinski definition) is 1. The molecule has 1 aliphatic rings. The van der Waals surface area contributed by atoms with Crippen molar-refractivity contribution in [1.29, 1.82) is 0 Å². The van der Waals surface area contributed by atoms with Crippen LogP contribution < -0.4 is 0 Å². The molecule has 0 bridgehead atoms. The summed E-state index contributed by atoms with van der Waals surface area (Å²) in [5, 5.41) is 11.1. The first-order valence-corrected chi connectivity index (χ1v) is 7.98. The molecule has 0 saturated heterocycles. The summed E-state index contributed by atoms with van der Waals surface area (Å²) < 4.78 is 0. The molecule has 1 aliphatic carbocycles. The normalized spacial score (nSPS) is 26.8. The van der Waals surface area contributed by atoms with Crippen molar-refractivity contribution in [3.63, 3.8) is 0 Å². The molecule has 2 rings (SSSR count). The molecule has 112 valence electrons. The molecule has 1 N–H and O–H groups in total. The third-order valence-corrected chi connectivity index (χ3v) is 4.55. The molecule has 0 radical (unpaired) electrons. The molecule has 1 aromatic carbocycles. The smallest absolute Gasteiger partial charge is 0.0908 e. The molecule has 20 heavy (non-hydrogen) atoms. The van der Waals surface area contributed by atoms with Crippen LogP contribution in [0.15, 0.2) is 35.9 Å². The van der Waals surface area contributed by atoms with E-state index >= 15 is 0 Å². The van der Waals surface area contributed by atoms with Gasteiger partial charge in [0, 0.05) is 0 Å². The van der Waals surface area contributed by atoms with Crippen LogP contribution in [0.2, 0.25) is 0 Å². The van der Waals surface area contributed by atoms with Gasteiger partial charge in [-0.3, -0.25) is 0 Å². The van der Waals surface area contributed by atoms with E-state index in [-0.39, 0.29) is 5.41 Å². The van der Waals surface area contributed by atoms with Gasteiger partial charge in [-0.2, -0.15) is 0 Å². The van der Waals surface area contributed by atoms with Gasteiger partial charge in [0.1, 0.15) is 0 Å². The second-order valence-electron chi connectivity index (χ2n) is 6.03. The molecule has 0 aliphatic heterocycles. The van der Waals surface area contributed by atoms with Crippen molar-refractivity contribution in [2.24, 2.45) is 5.41 Å². The van der Waals surface area contributed by atoms with E-state index in [1.807, 2.05) is 32.0 Å². The minimum absolute atomic E-state index is 0.0272. The largest absolute Gasteiger partial charge is 0.385 e. The maximum atomic E-state index is 11.1. The SMILES string of the molecule is CC.CCC1(O)/C(=C/c2ccccc2)CCCC1(C)C. The van der Waals surface area contributed by atoms with Gasteiger partial charge in [-0.15, -0.1) is 0 Å². The third-order valence-electron chi connectivity index (χ3n) is 4.55. The zero-order chi connectivity index (χ0) is 15.2. The average Bonchev–Trinajstić information content (AvgIpc) is 2.47. The lowest BCUT2D eigenvalue weighted by Crippen LogP contribution is -2.48. The Morgan fingerprint density at radius 2 is 1.75 bits per heavy atom. The Morgan fingerprint density at radius 1 is 1.15 bits per heavy atom. The number of aliphatic hydroxyl groups is 1. The highest BCUT2D eigenvalue weighted by molar-refractivity contribution is 5.56. The number of benzene rings is 1. The Hall–Kier alpha value is -1.08. The van der Waals surface area contributed by atoms with Crippen molar-refractivity contribution < 1.29 is 5.11 Å². The van der Waals surface area contributed by atoms with E-state index in [9.17, 15) is 5.11 Å². The van der Waals surface area contributed by atoms with E-state index in [0.29, 0.717) is 0 Å². The fraction of sp³-hybridized carbons (Fsp3) is 0.579. The summed E-state index contributed by atoms with van der Waals surface area (Å²) in [6, 6.07) is 10.3. The Balaban J connectivity index is 0.000000956. The van der Waals surface area contributed by atoms with E-state index in [4.69, 9.17) is 0 Å². The molecule has 1 atom stereocenters. The highest BCUT2D eigenvalue weighted by Gasteiger charge is 2.46. The Kier molecular flexibility index (Phi) is 6.01. The van der Waals surface area contributed by atoms with E-state index in [1.54, 1.807) is 0 Å². The molecule has 1 aromatic rings. The van der Waals surface area contributed by atoms with Crippen LogP contribution in [-0.4, -0.2) is 10.7 Å². The van der Waals surface area contributed by atoms with Crippen molar-refractivity contribution in [2.45, 2.75) is 65.9 Å². The topological polar surface area (TPSA) is 20.2 Å². The standard InChI is InChI=1S/C17H24O.C2H6/c1-4-17(18)15(11-8-12-16(17,2)3)13-14-9-6-5-7-10-14;1-2/h5-7,9-10,13,18H,4,8,11-12H2,1-3H3;1-2H3/b15-13+;. The van der Waals surface area contributed by atoms with Crippen LogP contribution in [0.5, 0.6) is 0 Å². The van der Waals surface area contributed by atoms with Crippen molar-refractivity contribution in [1.82, 2.24) is 0 Å². The predicted octanol–water partition coefficient (Wildman–Crippen LogP) is 5.45. The Labute approximate surface area is 124 Å². The molecule has 1 heteroatoms. The maximum Gasteiger partial charge on any atom is 0.0908 e. The summed E-state index contributed by atoms with van der Waals surface area (Å²) in [7, 11) is 0. The number of hydrogen-bond acceptors (Lipinski definition) is 1. The summed E-state index contributed by atoms with van der Waals surface area (Å²) in [5.74, 6) is 0. The molecular weight excluding hydrogens is 244 g/mol. The molecule has 1 nitrogen and oxygen atoms in total. The van der Waals surface area contributed by atoms with Gasteiger partial charge in [0.05, 0.1) is 5.60 Å². The van der Waals surface area contributed by atoms with Crippen LogP contribution in [-0.2, 0) is 0 Å². The van der Waals surface area contributed by atoms with Gasteiger partial charge in [-0.05, 0) is 42.2 Å². The van der Waals surface area contributed by atoms with Crippen LogP contribution in [0, 0.1) is 5.41 Å². The lowest BCUT2D eigenvalue weighted by Gasteiger charge is -2.48. The fourth-order valence-electron chi connectivity index (χ4n) is 3.22. The third kappa shape index (κ3) is 3.32. The van der Waals surface area contributed by atoms with Gasteiger partial charge in [-0.1, -0.05) is 71.0 Å². The van der Waals surface area contributed by atoms with Gasteiger partial charge >= 0.3 is 0 Å². The molecular formula is C19H30O. The zero-order valence-corrected chi connectivity index (χ0v) is 13.7. The van der Waals surface area contributed by atoms with Gasteiger partial charge in [-0.25, -0.2) is 0 Å². The first-order valence-electron chi connectivity index (χ1n) is 7.98. The monoisotopic (exact) mass is 274 g/mol. The van der Waals surface area contributed by atoms with E-state index < -0.39 is 5.60 Å². The van der Waals surface area contributed by atoms with E-state index in [0.717, 1.165) is 19.3 Å². The number of rotatable bonds is 2. The lowest BCUT2D eigenvalue weighted by molar-refractivity contribution is -0.0573. The molecule has 0 amide bonds. The first-order chi connectivity index (χ1) is 9.49. The van der Waals surface area contributed by atoms with Crippen molar-refractivity contribution in [3.8, 4) is 0 Å². The minimum atomic E-state index is -0.652. The first kappa shape index (κ1) is 17.0. The highest BCUT2D eigenvalue weighted by Crippen LogP contribution is 2.49. The molecule has 0 heterocycles. The molecule has 1 saturated carbocycles.